The maximum Gasteiger partial charge on any atom is 0.195 e. The molecule has 1 aliphatic heterocycles. The number of nitrogens with zero attached hydrogens (tertiary/aromatic N) is 2. The average Bonchev–Trinajstić information content (AvgIpc) is 3.46. The molecule has 0 saturated heterocycles. The minimum atomic E-state index is -0.0801. The summed E-state index contributed by atoms with van der Waals surface area (Å²) in [6.07, 6.45) is 2.77. The van der Waals surface area contributed by atoms with Crippen molar-refractivity contribution >= 4 is 45.6 Å². The summed E-state index contributed by atoms with van der Waals surface area (Å²) >= 11 is 0. The fourth-order valence-electron chi connectivity index (χ4n) is 4.29. The molecule has 0 spiro atoms. The Balaban J connectivity index is 1.44. The van der Waals surface area contributed by atoms with E-state index in [-0.39, 0.29) is 5.96 Å². The fourth-order valence-corrected chi connectivity index (χ4v) is 4.29. The highest BCUT2D eigenvalue weighted by atomic mass is 15.2. The van der Waals surface area contributed by atoms with Gasteiger partial charge in [0.25, 0.3) is 0 Å². The van der Waals surface area contributed by atoms with Gasteiger partial charge in [-0.1, -0.05) is 18.2 Å². The number of nitrogens with two attached hydrogens (primary N) is 1. The zero-order chi connectivity index (χ0) is 23.8. The van der Waals surface area contributed by atoms with Crippen molar-refractivity contribution in [2.45, 2.75) is 6.42 Å². The molecule has 4 aromatic rings. The lowest BCUT2D eigenvalue weighted by Gasteiger charge is -2.19. The van der Waals surface area contributed by atoms with Crippen LogP contribution in [0.3, 0.4) is 0 Å². The van der Waals surface area contributed by atoms with E-state index < -0.39 is 0 Å². The van der Waals surface area contributed by atoms with E-state index in [1.165, 1.54) is 0 Å². The third kappa shape index (κ3) is 3.86. The van der Waals surface area contributed by atoms with Crippen LogP contribution in [-0.2, 0) is 6.42 Å². The van der Waals surface area contributed by atoms with Crippen molar-refractivity contribution in [3.05, 3.63) is 78.0 Å². The maximum absolute atomic E-state index is 8.02. The molecule has 0 aliphatic carbocycles. The fraction of sp³-hybridized carbons (Fsp3) is 0.115. The van der Waals surface area contributed by atoms with Crippen LogP contribution in [0, 0.1) is 10.8 Å². The third-order valence-corrected chi connectivity index (χ3v) is 6.13. The lowest BCUT2D eigenvalue weighted by Crippen LogP contribution is -2.35. The molecule has 2 heterocycles. The van der Waals surface area contributed by atoms with E-state index in [0.717, 1.165) is 62.4 Å². The number of rotatable bonds is 4. The molecule has 5 rings (SSSR count). The Morgan fingerprint density at radius 1 is 1.03 bits per heavy atom. The van der Waals surface area contributed by atoms with Crippen molar-refractivity contribution < 1.29 is 0 Å². The summed E-state index contributed by atoms with van der Waals surface area (Å²) in [5, 5.41) is 22.2. The van der Waals surface area contributed by atoms with Gasteiger partial charge in [0, 0.05) is 54.6 Å². The number of aromatic amines is 1. The second-order valence-corrected chi connectivity index (χ2v) is 8.28. The number of fused-ring (bicyclic) bond motifs is 2. The second-order valence-electron chi connectivity index (χ2n) is 8.28. The predicted molar refractivity (Wildman–Crippen MR) is 141 cm³/mol. The molecule has 8 nitrogen and oxygen atoms in total. The van der Waals surface area contributed by atoms with E-state index in [0.29, 0.717) is 5.96 Å². The van der Waals surface area contributed by atoms with Crippen LogP contribution >= 0.6 is 0 Å². The van der Waals surface area contributed by atoms with Crippen molar-refractivity contribution in [2.24, 2.45) is 10.7 Å². The number of hydrogen-bond donors (Lipinski definition) is 6. The summed E-state index contributed by atoms with van der Waals surface area (Å²) in [5.41, 5.74) is 14.7. The van der Waals surface area contributed by atoms with Gasteiger partial charge in [-0.3, -0.25) is 15.8 Å². The first-order valence-corrected chi connectivity index (χ1v) is 11.0. The number of benzene rings is 3. The molecule has 1 aliphatic rings. The Morgan fingerprint density at radius 2 is 1.79 bits per heavy atom. The van der Waals surface area contributed by atoms with Crippen molar-refractivity contribution in [2.75, 3.05) is 24.3 Å². The number of nitrogens with one attached hydrogen (secondary N) is 5. The first kappa shape index (κ1) is 21.3. The number of aliphatic imine (C=N–C) groups is 1. The molecule has 0 unspecified atom stereocenters. The molecule has 8 heteroatoms. The largest absolute Gasteiger partial charge is 0.370 e. The summed E-state index contributed by atoms with van der Waals surface area (Å²) in [6, 6.07) is 20.4. The maximum atomic E-state index is 8.02. The molecule has 7 N–H and O–H groups in total. The van der Waals surface area contributed by atoms with Crippen LogP contribution in [0.25, 0.3) is 22.0 Å². The number of guanidine groups is 2. The van der Waals surface area contributed by atoms with Crippen molar-refractivity contribution in [3.63, 3.8) is 0 Å². The number of anilines is 2. The van der Waals surface area contributed by atoms with Gasteiger partial charge < -0.3 is 26.3 Å². The molecule has 170 valence electrons. The topological polar surface area (TPSA) is 129 Å². The van der Waals surface area contributed by atoms with Crippen molar-refractivity contribution in [3.8, 4) is 11.1 Å². The summed E-state index contributed by atoms with van der Waals surface area (Å²) in [7, 11) is 3.62. The minimum absolute atomic E-state index is 0.0801. The van der Waals surface area contributed by atoms with Crippen LogP contribution in [0.5, 0.6) is 0 Å². The monoisotopic (exact) mass is 450 g/mol. The summed E-state index contributed by atoms with van der Waals surface area (Å²) in [6.45, 7) is 0. The van der Waals surface area contributed by atoms with Gasteiger partial charge in [-0.25, -0.2) is 0 Å². The summed E-state index contributed by atoms with van der Waals surface area (Å²) < 4.78 is 0. The van der Waals surface area contributed by atoms with E-state index in [2.05, 4.69) is 39.9 Å². The van der Waals surface area contributed by atoms with Gasteiger partial charge in [0.15, 0.2) is 11.9 Å². The Hall–Kier alpha value is -4.59. The highest BCUT2D eigenvalue weighted by Crippen LogP contribution is 2.35. The van der Waals surface area contributed by atoms with Crippen LogP contribution in [0.1, 0.15) is 11.1 Å². The smallest absolute Gasteiger partial charge is 0.195 e. The van der Waals surface area contributed by atoms with E-state index in [1.807, 2.05) is 54.5 Å². The van der Waals surface area contributed by atoms with E-state index in [4.69, 9.17) is 21.5 Å². The van der Waals surface area contributed by atoms with Crippen LogP contribution in [0.2, 0.25) is 0 Å². The molecule has 3 aromatic carbocycles. The highest BCUT2D eigenvalue weighted by molar-refractivity contribution is 6.15. The van der Waals surface area contributed by atoms with E-state index in [1.54, 1.807) is 7.05 Å². The van der Waals surface area contributed by atoms with Gasteiger partial charge in [0.05, 0.1) is 11.4 Å². The van der Waals surface area contributed by atoms with E-state index in [9.17, 15) is 0 Å². The summed E-state index contributed by atoms with van der Waals surface area (Å²) in [5.74, 6) is 0.261. The quantitative estimate of drug-likeness (QED) is 0.203. The zero-order valence-corrected chi connectivity index (χ0v) is 19.0. The molecule has 0 amide bonds. The Labute approximate surface area is 197 Å². The average molecular weight is 451 g/mol. The molecular formula is C26H26N8. The van der Waals surface area contributed by atoms with Gasteiger partial charge in [0.2, 0.25) is 0 Å². The van der Waals surface area contributed by atoms with Crippen molar-refractivity contribution in [1.29, 1.82) is 10.8 Å². The summed E-state index contributed by atoms with van der Waals surface area (Å²) in [4.78, 5) is 10.1. The Bertz CT molecular complexity index is 1450. The molecule has 0 atom stereocenters. The van der Waals surface area contributed by atoms with E-state index >= 15 is 0 Å². The third-order valence-electron chi connectivity index (χ3n) is 6.13. The van der Waals surface area contributed by atoms with Gasteiger partial charge >= 0.3 is 0 Å². The number of aromatic nitrogens is 1. The number of H-pyrrole nitrogens is 1. The van der Waals surface area contributed by atoms with Gasteiger partial charge in [-0.05, 0) is 59.2 Å². The Kier molecular flexibility index (Phi) is 5.25. The van der Waals surface area contributed by atoms with Crippen LogP contribution in [-0.4, -0.2) is 36.7 Å². The van der Waals surface area contributed by atoms with Crippen LogP contribution in [0.4, 0.5) is 17.1 Å². The van der Waals surface area contributed by atoms with Gasteiger partial charge in [0.1, 0.15) is 0 Å². The lowest BCUT2D eigenvalue weighted by atomic mass is 9.99. The molecular weight excluding hydrogens is 424 g/mol. The van der Waals surface area contributed by atoms with Gasteiger partial charge in [-0.15, -0.1) is 0 Å². The molecule has 34 heavy (non-hydrogen) atoms. The second kappa shape index (κ2) is 8.40. The van der Waals surface area contributed by atoms with Crippen molar-refractivity contribution in [1.82, 2.24) is 10.3 Å². The standard InChI is InChI=1S/C26H26N8/c1-30-26(29)34(2)19-8-10-22-17(11-19)13-24(33-22)21-14-31-23-9-5-16(12-20(21)23)15-3-6-18(7-4-15)32-25(27)28/h3-12,14,31H,13H2,1-2H3,(H2,29,30)(H4,27,28,32). The lowest BCUT2D eigenvalue weighted by molar-refractivity contribution is 1.05. The molecule has 0 fully saturated rings. The normalized spacial score (nSPS) is 12.2. The molecule has 1 aromatic heterocycles. The van der Waals surface area contributed by atoms with Crippen LogP contribution in [0.15, 0.2) is 71.9 Å². The Morgan fingerprint density at radius 3 is 2.53 bits per heavy atom. The highest BCUT2D eigenvalue weighted by Gasteiger charge is 2.20. The van der Waals surface area contributed by atoms with Gasteiger partial charge in [-0.2, -0.15) is 0 Å². The predicted octanol–water partition coefficient (Wildman–Crippen LogP) is 4.41. The first-order chi connectivity index (χ1) is 16.4. The number of hydrogen-bond acceptors (Lipinski definition) is 3. The first-order valence-electron chi connectivity index (χ1n) is 11.0. The zero-order valence-electron chi connectivity index (χ0n) is 19.0. The molecule has 0 bridgehead atoms. The SMILES string of the molecule is CNC(=N)N(C)c1ccc2c(c1)CC(c1c[nH]c3ccc(-c4ccc(NC(=N)N)cc4)cc13)=N2. The molecule has 0 radical (unpaired) electrons. The van der Waals surface area contributed by atoms with Crippen LogP contribution < -0.4 is 21.3 Å². The minimum Gasteiger partial charge on any atom is -0.370 e. The molecule has 0 saturated carbocycles.